The van der Waals surface area contributed by atoms with Crippen LogP contribution in [0.15, 0.2) is 0 Å². The lowest BCUT2D eigenvalue weighted by Crippen LogP contribution is -2.32. The van der Waals surface area contributed by atoms with Crippen LogP contribution in [0, 0.1) is 11.3 Å². The summed E-state index contributed by atoms with van der Waals surface area (Å²) >= 11 is 0. The van der Waals surface area contributed by atoms with E-state index in [1.54, 1.807) is 7.11 Å². The number of aliphatic carboxylic acids is 1. The van der Waals surface area contributed by atoms with Gasteiger partial charge >= 0.3 is 5.97 Å². The molecular weight excluding hydrogens is 274 g/mol. The molecule has 0 aromatic heterocycles. The van der Waals surface area contributed by atoms with Gasteiger partial charge in [0.05, 0.1) is 13.2 Å². The van der Waals surface area contributed by atoms with Gasteiger partial charge < -0.3 is 19.9 Å². The second-order valence-electron chi connectivity index (χ2n) is 6.18. The average Bonchev–Trinajstić information content (AvgIpc) is 2.37. The Morgan fingerprint density at radius 2 is 1.86 bits per heavy atom. The van der Waals surface area contributed by atoms with Crippen LogP contribution < -0.4 is 5.32 Å². The first kappa shape index (κ1) is 19.9. The Bertz CT molecular complexity index is 312. The Kier molecular flexibility index (Phi) is 9.99. The van der Waals surface area contributed by atoms with Gasteiger partial charge in [0, 0.05) is 20.1 Å². The predicted octanol–water partition coefficient (Wildman–Crippen LogP) is 1.68. The normalized spacial score (nSPS) is 13.0. The average molecular weight is 303 g/mol. The molecule has 6 heteroatoms. The molecule has 0 aromatic rings. The van der Waals surface area contributed by atoms with Crippen LogP contribution in [0.1, 0.15) is 40.0 Å². The van der Waals surface area contributed by atoms with E-state index in [1.165, 1.54) is 0 Å². The summed E-state index contributed by atoms with van der Waals surface area (Å²) < 4.78 is 9.94. The molecule has 0 heterocycles. The highest BCUT2D eigenvalue weighted by Gasteiger charge is 2.24. The molecule has 0 aromatic carbocycles. The minimum atomic E-state index is -0.778. The van der Waals surface area contributed by atoms with Crippen molar-refractivity contribution in [3.8, 4) is 0 Å². The molecule has 0 radical (unpaired) electrons. The molecule has 0 bridgehead atoms. The van der Waals surface area contributed by atoms with Gasteiger partial charge in [0.1, 0.15) is 6.61 Å². The van der Waals surface area contributed by atoms with Crippen LogP contribution in [0.4, 0.5) is 0 Å². The first-order chi connectivity index (χ1) is 9.77. The highest BCUT2D eigenvalue weighted by atomic mass is 16.5. The number of nitrogens with one attached hydrogen (secondary N) is 1. The van der Waals surface area contributed by atoms with Crippen molar-refractivity contribution < 1.29 is 24.2 Å². The fourth-order valence-electron chi connectivity index (χ4n) is 2.05. The minimum Gasteiger partial charge on any atom is -0.481 e. The van der Waals surface area contributed by atoms with Crippen LogP contribution in [0.25, 0.3) is 0 Å². The van der Waals surface area contributed by atoms with Crippen LogP contribution >= 0.6 is 0 Å². The molecule has 21 heavy (non-hydrogen) atoms. The predicted molar refractivity (Wildman–Crippen MR) is 80.1 cm³/mol. The smallest absolute Gasteiger partial charge is 0.303 e. The second kappa shape index (κ2) is 10.6. The Hall–Kier alpha value is -1.14. The third kappa shape index (κ3) is 11.2. The summed E-state index contributed by atoms with van der Waals surface area (Å²) in [4.78, 5) is 22.2. The maximum atomic E-state index is 11.5. The van der Waals surface area contributed by atoms with E-state index in [4.69, 9.17) is 14.6 Å². The van der Waals surface area contributed by atoms with E-state index in [9.17, 15) is 9.59 Å². The highest BCUT2D eigenvalue weighted by Crippen LogP contribution is 2.32. The van der Waals surface area contributed by atoms with Crippen molar-refractivity contribution in [2.24, 2.45) is 11.3 Å². The Morgan fingerprint density at radius 1 is 1.19 bits per heavy atom. The van der Waals surface area contributed by atoms with Gasteiger partial charge in [0.25, 0.3) is 0 Å². The third-order valence-electron chi connectivity index (χ3n) is 3.41. The summed E-state index contributed by atoms with van der Waals surface area (Å²) in [5.41, 5.74) is 0.0230. The van der Waals surface area contributed by atoms with Crippen molar-refractivity contribution in [1.82, 2.24) is 5.32 Å². The lowest BCUT2D eigenvalue weighted by Gasteiger charge is -2.30. The number of carboxylic acid groups (broad SMARTS) is 1. The number of hydrogen-bond acceptors (Lipinski definition) is 4. The highest BCUT2D eigenvalue weighted by molar-refractivity contribution is 5.77. The Morgan fingerprint density at radius 3 is 2.38 bits per heavy atom. The Balaban J connectivity index is 3.96. The molecular formula is C15H29NO5. The van der Waals surface area contributed by atoms with Crippen molar-refractivity contribution in [3.63, 3.8) is 0 Å². The summed E-state index contributed by atoms with van der Waals surface area (Å²) in [5.74, 6) is -0.680. The van der Waals surface area contributed by atoms with Crippen molar-refractivity contribution >= 4 is 11.9 Å². The molecule has 2 N–H and O–H groups in total. The van der Waals surface area contributed by atoms with Crippen LogP contribution in [-0.4, -0.2) is 50.5 Å². The first-order valence-corrected chi connectivity index (χ1v) is 7.32. The largest absolute Gasteiger partial charge is 0.481 e. The molecule has 0 saturated carbocycles. The third-order valence-corrected chi connectivity index (χ3v) is 3.41. The molecule has 0 saturated heterocycles. The molecule has 0 fully saturated rings. The van der Waals surface area contributed by atoms with Gasteiger partial charge in [-0.2, -0.15) is 0 Å². The number of methoxy groups -OCH3 is 1. The molecule has 1 unspecified atom stereocenters. The molecule has 124 valence electrons. The molecule has 1 atom stereocenters. The van der Waals surface area contributed by atoms with Crippen molar-refractivity contribution in [1.29, 1.82) is 0 Å². The van der Waals surface area contributed by atoms with E-state index in [0.29, 0.717) is 26.2 Å². The summed E-state index contributed by atoms with van der Waals surface area (Å²) in [6.45, 7) is 7.70. The van der Waals surface area contributed by atoms with Gasteiger partial charge in [-0.1, -0.05) is 20.8 Å². The summed E-state index contributed by atoms with van der Waals surface area (Å²) in [6, 6.07) is 0. The van der Waals surface area contributed by atoms with Crippen molar-refractivity contribution in [2.75, 3.05) is 33.5 Å². The Labute approximate surface area is 127 Å². The number of carbonyl (C=O) groups excluding carboxylic acids is 1. The van der Waals surface area contributed by atoms with Gasteiger partial charge in [-0.3, -0.25) is 9.59 Å². The van der Waals surface area contributed by atoms with Crippen LogP contribution in [0.3, 0.4) is 0 Å². The van der Waals surface area contributed by atoms with Gasteiger partial charge in [-0.25, -0.2) is 0 Å². The molecule has 0 aliphatic heterocycles. The summed E-state index contributed by atoms with van der Waals surface area (Å²) in [6.07, 6.45) is 1.55. The SMILES string of the molecule is COCCOCC(=O)NCCC(CCC(=O)O)C(C)(C)C. The van der Waals surface area contributed by atoms with E-state index < -0.39 is 5.97 Å². The molecule has 0 aliphatic carbocycles. The quantitative estimate of drug-likeness (QED) is 0.567. The monoisotopic (exact) mass is 303 g/mol. The summed E-state index contributed by atoms with van der Waals surface area (Å²) in [7, 11) is 1.58. The van der Waals surface area contributed by atoms with E-state index in [2.05, 4.69) is 26.1 Å². The molecule has 1 amide bonds. The number of rotatable bonds is 11. The van der Waals surface area contributed by atoms with E-state index in [1.807, 2.05) is 0 Å². The number of hydrogen-bond donors (Lipinski definition) is 2. The zero-order valence-electron chi connectivity index (χ0n) is 13.6. The number of ether oxygens (including phenoxy) is 2. The van der Waals surface area contributed by atoms with Crippen molar-refractivity contribution in [2.45, 2.75) is 40.0 Å². The standard InChI is InChI=1S/C15H29NO5/c1-15(2,3)12(5-6-14(18)19)7-8-16-13(17)11-21-10-9-20-4/h12H,5-11H2,1-4H3,(H,16,17)(H,18,19). The van der Waals surface area contributed by atoms with Gasteiger partial charge in [0.15, 0.2) is 0 Å². The van der Waals surface area contributed by atoms with Crippen LogP contribution in [-0.2, 0) is 19.1 Å². The number of carbonyl (C=O) groups is 2. The van der Waals surface area contributed by atoms with Gasteiger partial charge in [0.2, 0.25) is 5.91 Å². The fourth-order valence-corrected chi connectivity index (χ4v) is 2.05. The molecule has 0 aliphatic rings. The van der Waals surface area contributed by atoms with E-state index in [-0.39, 0.29) is 30.3 Å². The number of amides is 1. The van der Waals surface area contributed by atoms with Gasteiger partial charge in [-0.05, 0) is 24.2 Å². The molecule has 6 nitrogen and oxygen atoms in total. The molecule has 0 spiro atoms. The van der Waals surface area contributed by atoms with E-state index >= 15 is 0 Å². The van der Waals surface area contributed by atoms with Crippen LogP contribution in [0.5, 0.6) is 0 Å². The van der Waals surface area contributed by atoms with E-state index in [0.717, 1.165) is 6.42 Å². The zero-order chi connectivity index (χ0) is 16.3. The summed E-state index contributed by atoms with van der Waals surface area (Å²) in [5, 5.41) is 11.6. The second-order valence-corrected chi connectivity index (χ2v) is 6.18. The van der Waals surface area contributed by atoms with Gasteiger partial charge in [-0.15, -0.1) is 0 Å². The molecule has 0 rings (SSSR count). The fraction of sp³-hybridized carbons (Fsp3) is 0.867. The zero-order valence-corrected chi connectivity index (χ0v) is 13.6. The topological polar surface area (TPSA) is 84.9 Å². The maximum absolute atomic E-state index is 11.5. The lowest BCUT2D eigenvalue weighted by atomic mass is 9.76. The lowest BCUT2D eigenvalue weighted by molar-refractivity contribution is -0.137. The number of carboxylic acids is 1. The minimum absolute atomic E-state index is 0.0230. The first-order valence-electron chi connectivity index (χ1n) is 7.32. The maximum Gasteiger partial charge on any atom is 0.303 e. The van der Waals surface area contributed by atoms with Crippen molar-refractivity contribution in [3.05, 3.63) is 0 Å². The van der Waals surface area contributed by atoms with Crippen LogP contribution in [0.2, 0.25) is 0 Å².